The highest BCUT2D eigenvalue weighted by Gasteiger charge is 2.12. The van der Waals surface area contributed by atoms with Gasteiger partial charge in [0.25, 0.3) is 0 Å². The average molecular weight is 369 g/mol. The molecule has 1 aromatic heterocycles. The Morgan fingerprint density at radius 1 is 1.30 bits per heavy atom. The molecule has 0 saturated heterocycles. The van der Waals surface area contributed by atoms with Crippen molar-refractivity contribution in [1.82, 2.24) is 15.3 Å². The Morgan fingerprint density at radius 3 is 2.74 bits per heavy atom. The summed E-state index contributed by atoms with van der Waals surface area (Å²) in [5.41, 5.74) is 6.67. The highest BCUT2D eigenvalue weighted by molar-refractivity contribution is 7.80. The number of hydrogen-bond donors (Lipinski definition) is 2. The predicted molar refractivity (Wildman–Crippen MR) is 102 cm³/mol. The van der Waals surface area contributed by atoms with Crippen molar-refractivity contribution in [3.8, 4) is 5.69 Å². The Balaban J connectivity index is 2.31. The molecule has 0 bridgehead atoms. The maximum atomic E-state index is 6.31. The first-order valence-corrected chi connectivity index (χ1v) is 8.31. The van der Waals surface area contributed by atoms with Crippen LogP contribution < -0.4 is 10.7 Å². The van der Waals surface area contributed by atoms with E-state index in [1.165, 1.54) is 0 Å². The van der Waals surface area contributed by atoms with Crippen molar-refractivity contribution in [3.63, 3.8) is 0 Å². The molecule has 2 N–H and O–H groups in total. The van der Waals surface area contributed by atoms with Crippen molar-refractivity contribution in [1.29, 1.82) is 0 Å². The molecule has 0 aliphatic rings. The van der Waals surface area contributed by atoms with Crippen LogP contribution in [0.1, 0.15) is 23.9 Å². The van der Waals surface area contributed by atoms with Gasteiger partial charge in [-0.3, -0.25) is 5.43 Å². The number of hydrazone groups is 1. The highest BCUT2D eigenvalue weighted by Crippen LogP contribution is 2.28. The van der Waals surface area contributed by atoms with Crippen LogP contribution in [0.3, 0.4) is 0 Å². The van der Waals surface area contributed by atoms with Gasteiger partial charge in [0.1, 0.15) is 0 Å². The maximum absolute atomic E-state index is 6.31. The number of benzene rings is 1. The fraction of sp³-hybridized carbons (Fsp3) is 0.250. The molecule has 2 rings (SSSR count). The summed E-state index contributed by atoms with van der Waals surface area (Å²) >= 11 is 17.5. The molecule has 0 unspecified atom stereocenters. The van der Waals surface area contributed by atoms with E-state index >= 15 is 0 Å². The lowest BCUT2D eigenvalue weighted by molar-refractivity contribution is 0.903. The van der Waals surface area contributed by atoms with Crippen molar-refractivity contribution < 1.29 is 0 Å². The van der Waals surface area contributed by atoms with Crippen molar-refractivity contribution >= 4 is 46.7 Å². The lowest BCUT2D eigenvalue weighted by Crippen LogP contribution is -2.31. The van der Waals surface area contributed by atoms with Gasteiger partial charge in [-0.05, 0) is 57.3 Å². The van der Waals surface area contributed by atoms with Crippen molar-refractivity contribution in [3.05, 3.63) is 51.3 Å². The second kappa shape index (κ2) is 7.81. The van der Waals surface area contributed by atoms with Crippen molar-refractivity contribution in [2.24, 2.45) is 5.10 Å². The summed E-state index contributed by atoms with van der Waals surface area (Å²) in [6.45, 7) is 6.75. The fourth-order valence-electron chi connectivity index (χ4n) is 2.31. The number of rotatable bonds is 4. The Morgan fingerprint density at radius 2 is 2.04 bits per heavy atom. The molecule has 122 valence electrons. The molecule has 4 nitrogen and oxygen atoms in total. The normalized spacial score (nSPS) is 11.0. The van der Waals surface area contributed by atoms with Crippen molar-refractivity contribution in [2.45, 2.75) is 20.8 Å². The molecular formula is C16H18Cl2N4S. The van der Waals surface area contributed by atoms with Gasteiger partial charge in [-0.25, -0.2) is 0 Å². The third-order valence-electron chi connectivity index (χ3n) is 3.33. The summed E-state index contributed by atoms with van der Waals surface area (Å²) in [7, 11) is 0. The molecule has 2 aromatic rings. The maximum Gasteiger partial charge on any atom is 0.186 e. The zero-order valence-electron chi connectivity index (χ0n) is 13.2. The largest absolute Gasteiger partial charge is 0.362 e. The predicted octanol–water partition coefficient (Wildman–Crippen LogP) is 4.22. The molecule has 0 saturated carbocycles. The number of aryl methyl sites for hydroxylation is 1. The van der Waals surface area contributed by atoms with E-state index < -0.39 is 0 Å². The Kier molecular flexibility index (Phi) is 6.04. The lowest BCUT2D eigenvalue weighted by atomic mass is 10.2. The number of nitrogens with one attached hydrogen (secondary N) is 2. The highest BCUT2D eigenvalue weighted by atomic mass is 35.5. The average Bonchev–Trinajstić information content (AvgIpc) is 2.77. The number of halogens is 2. The molecule has 0 aliphatic heterocycles. The fourth-order valence-corrected chi connectivity index (χ4v) is 2.87. The van der Waals surface area contributed by atoms with Crippen LogP contribution in [-0.4, -0.2) is 22.4 Å². The third-order valence-corrected chi connectivity index (χ3v) is 4.12. The molecule has 7 heteroatoms. The lowest BCUT2D eigenvalue weighted by Gasteiger charge is -2.12. The van der Waals surface area contributed by atoms with Crippen LogP contribution in [0, 0.1) is 13.8 Å². The summed E-state index contributed by atoms with van der Waals surface area (Å²) in [4.78, 5) is 0. The topological polar surface area (TPSA) is 41.4 Å². The Hall–Kier alpha value is -1.56. The van der Waals surface area contributed by atoms with Crippen LogP contribution in [-0.2, 0) is 0 Å². The summed E-state index contributed by atoms with van der Waals surface area (Å²) in [6, 6.07) is 7.45. The smallest absolute Gasteiger partial charge is 0.186 e. The van der Waals surface area contributed by atoms with E-state index in [1.54, 1.807) is 18.3 Å². The molecule has 0 spiro atoms. The standard InChI is InChI=1S/C16H18Cl2N4S/c1-4-19-16(23)21-20-9-12-7-10(2)22(11(12)3)15-8-13(17)5-6-14(15)18/h5-9H,4H2,1-3H3,(H2,19,21,23). The molecule has 1 heterocycles. The van der Waals surface area contributed by atoms with Gasteiger partial charge in [-0.15, -0.1) is 0 Å². The second-order valence-electron chi connectivity index (χ2n) is 4.99. The van der Waals surface area contributed by atoms with E-state index in [2.05, 4.69) is 20.4 Å². The minimum absolute atomic E-state index is 0.496. The molecule has 1 aromatic carbocycles. The summed E-state index contributed by atoms with van der Waals surface area (Å²) in [5, 5.41) is 8.91. The van der Waals surface area contributed by atoms with Gasteiger partial charge in [0.2, 0.25) is 0 Å². The Labute approximate surface area is 151 Å². The molecule has 0 amide bonds. The molecule has 0 atom stereocenters. The molecule has 0 fully saturated rings. The van der Waals surface area contributed by atoms with Gasteiger partial charge < -0.3 is 9.88 Å². The quantitative estimate of drug-likeness (QED) is 0.482. The van der Waals surface area contributed by atoms with E-state index in [1.807, 2.05) is 32.9 Å². The van der Waals surface area contributed by atoms with Crippen LogP contribution in [0.5, 0.6) is 0 Å². The number of nitrogens with zero attached hydrogens (tertiary/aromatic N) is 2. The third kappa shape index (κ3) is 4.25. The van der Waals surface area contributed by atoms with E-state index in [9.17, 15) is 0 Å². The first-order valence-electron chi connectivity index (χ1n) is 7.15. The van der Waals surface area contributed by atoms with Gasteiger partial charge in [0, 0.05) is 28.5 Å². The summed E-state index contributed by atoms with van der Waals surface area (Å²) in [5.74, 6) is 0. The van der Waals surface area contributed by atoms with Crippen LogP contribution in [0.4, 0.5) is 0 Å². The summed E-state index contributed by atoms with van der Waals surface area (Å²) in [6.07, 6.45) is 1.74. The van der Waals surface area contributed by atoms with Gasteiger partial charge >= 0.3 is 0 Å². The summed E-state index contributed by atoms with van der Waals surface area (Å²) < 4.78 is 2.05. The molecular weight excluding hydrogens is 351 g/mol. The van der Waals surface area contributed by atoms with Crippen LogP contribution in [0.25, 0.3) is 5.69 Å². The zero-order valence-corrected chi connectivity index (χ0v) is 15.5. The van der Waals surface area contributed by atoms with Crippen LogP contribution in [0.2, 0.25) is 10.0 Å². The van der Waals surface area contributed by atoms with Crippen molar-refractivity contribution in [2.75, 3.05) is 6.54 Å². The second-order valence-corrected chi connectivity index (χ2v) is 6.24. The van der Waals surface area contributed by atoms with E-state index in [4.69, 9.17) is 35.4 Å². The molecule has 23 heavy (non-hydrogen) atoms. The Bertz CT molecular complexity index is 753. The van der Waals surface area contributed by atoms with Gasteiger partial charge in [-0.2, -0.15) is 5.10 Å². The van der Waals surface area contributed by atoms with E-state index in [0.29, 0.717) is 15.2 Å². The van der Waals surface area contributed by atoms with E-state index in [0.717, 1.165) is 29.2 Å². The SMILES string of the molecule is CCNC(=S)NN=Cc1cc(C)n(-c2cc(Cl)ccc2Cl)c1C. The zero-order chi connectivity index (χ0) is 17.0. The number of hydrogen-bond acceptors (Lipinski definition) is 2. The minimum atomic E-state index is 0.496. The monoisotopic (exact) mass is 368 g/mol. The van der Waals surface area contributed by atoms with Gasteiger partial charge in [0.15, 0.2) is 5.11 Å². The minimum Gasteiger partial charge on any atom is -0.362 e. The number of thiocarbonyl (C=S) groups is 1. The molecule has 0 aliphatic carbocycles. The first kappa shape index (κ1) is 17.8. The van der Waals surface area contributed by atoms with Gasteiger partial charge in [0.05, 0.1) is 16.9 Å². The van der Waals surface area contributed by atoms with Gasteiger partial charge in [-0.1, -0.05) is 23.2 Å². The van der Waals surface area contributed by atoms with Crippen LogP contribution in [0.15, 0.2) is 29.4 Å². The van der Waals surface area contributed by atoms with Crippen LogP contribution >= 0.6 is 35.4 Å². The first-order chi connectivity index (χ1) is 10.9. The van der Waals surface area contributed by atoms with E-state index in [-0.39, 0.29) is 0 Å². The number of aromatic nitrogens is 1. The molecule has 0 radical (unpaired) electrons.